The van der Waals surface area contributed by atoms with Gasteiger partial charge in [0, 0.05) is 48.5 Å². The summed E-state index contributed by atoms with van der Waals surface area (Å²) in [5.74, 6) is -3.89. The van der Waals surface area contributed by atoms with Gasteiger partial charge in [0.25, 0.3) is 0 Å². The van der Waals surface area contributed by atoms with E-state index in [9.17, 15) is 9.59 Å². The molecular formula is C46H60ClNO10. The van der Waals surface area contributed by atoms with Gasteiger partial charge in [0.05, 0.1) is 37.4 Å². The number of rotatable bonds is 11. The summed E-state index contributed by atoms with van der Waals surface area (Å²) in [5.41, 5.74) is -1.39. The summed E-state index contributed by atoms with van der Waals surface area (Å²) >= 11 is 6.09. The van der Waals surface area contributed by atoms with E-state index in [1.807, 2.05) is 66.7 Å². The van der Waals surface area contributed by atoms with Crippen molar-refractivity contribution in [1.82, 2.24) is 4.90 Å². The Morgan fingerprint density at radius 1 is 0.966 bits per heavy atom. The van der Waals surface area contributed by atoms with Crippen molar-refractivity contribution in [2.24, 2.45) is 17.8 Å². The van der Waals surface area contributed by atoms with Crippen LogP contribution in [0.1, 0.15) is 110 Å². The van der Waals surface area contributed by atoms with E-state index in [0.29, 0.717) is 61.6 Å². The molecule has 0 aromatic heterocycles. The number of halogens is 1. The van der Waals surface area contributed by atoms with Crippen molar-refractivity contribution in [1.29, 1.82) is 0 Å². The number of methoxy groups -OCH3 is 1. The van der Waals surface area contributed by atoms with Crippen LogP contribution in [0.4, 0.5) is 0 Å². The molecule has 1 saturated carbocycles. The molecule has 12 heteroatoms. The summed E-state index contributed by atoms with van der Waals surface area (Å²) in [6.45, 7) is 21.2. The first-order chi connectivity index (χ1) is 27.3. The molecule has 0 N–H and O–H groups in total. The smallest absolute Gasteiger partial charge is 0.333 e. The summed E-state index contributed by atoms with van der Waals surface area (Å²) in [7, 11) is 1.31. The first-order valence-electron chi connectivity index (χ1n) is 20.5. The molecule has 58 heavy (non-hydrogen) atoms. The van der Waals surface area contributed by atoms with Crippen LogP contribution in [0, 0.1) is 17.8 Å². The van der Waals surface area contributed by atoms with Crippen molar-refractivity contribution < 1.29 is 47.6 Å². The van der Waals surface area contributed by atoms with Crippen molar-refractivity contribution in [3.63, 3.8) is 0 Å². The maximum atomic E-state index is 16.2. The lowest BCUT2D eigenvalue weighted by Gasteiger charge is -2.60. The number of carbonyl (C=O) groups is 4. The molecule has 6 rings (SSSR count). The third-order valence-corrected chi connectivity index (χ3v) is 13.2. The largest absolute Gasteiger partial charge is 0.482 e. The Morgan fingerprint density at radius 2 is 1.64 bits per heavy atom. The first-order valence-corrected chi connectivity index (χ1v) is 21.0. The van der Waals surface area contributed by atoms with E-state index in [1.165, 1.54) is 12.7 Å². The minimum Gasteiger partial charge on any atom is -0.482 e. The second kappa shape index (κ2) is 16.4. The molecule has 7 unspecified atom stereocenters. The average molecular weight is 822 g/mol. The molecule has 4 aliphatic heterocycles. The van der Waals surface area contributed by atoms with Gasteiger partial charge in [-0.25, -0.2) is 4.79 Å². The summed E-state index contributed by atoms with van der Waals surface area (Å²) in [6.07, 6.45) is 11.4. The standard InChI is InChI=1S/C46H60ClNO10/c1-26(2)13-12-18-44(10)19-17-32-38(56-44)31(15-14-27(3)4)40-34(39(32)55-33(49)25-47)37(50)35-36(48-21-23-54-24-22-48)29(6)41(51)45(20-16-28(5)42(52)53-11)46(35,57-40)30(7)43(8,9)58-45/h13-14,16-17,19,29-30,35-36H,12,15,18,20-25H2,1-11H3/b28-16-. The molecule has 5 aliphatic rings. The second-order valence-corrected chi connectivity index (χ2v) is 18.0. The Labute approximate surface area is 348 Å². The number of carbonyl (C=O) groups excluding carboxylic acids is 4. The number of fused-ring (bicyclic) bond motifs is 2. The van der Waals surface area contributed by atoms with E-state index in [4.69, 9.17) is 40.0 Å². The first kappa shape index (κ1) is 43.8. The van der Waals surface area contributed by atoms with Gasteiger partial charge >= 0.3 is 11.9 Å². The number of allylic oxidation sites excluding steroid dienone is 4. The fraction of sp³-hybridized carbons (Fsp3) is 0.609. The Hall–Kier alpha value is -3.77. The van der Waals surface area contributed by atoms with E-state index in [-0.39, 0.29) is 35.0 Å². The van der Waals surface area contributed by atoms with Crippen LogP contribution >= 0.6 is 11.6 Å². The van der Waals surface area contributed by atoms with E-state index in [2.05, 4.69) is 24.8 Å². The maximum Gasteiger partial charge on any atom is 0.333 e. The quantitative estimate of drug-likeness (QED) is 0.0714. The highest BCUT2D eigenvalue weighted by Crippen LogP contribution is 2.66. The van der Waals surface area contributed by atoms with Gasteiger partial charge in [-0.1, -0.05) is 43.2 Å². The Bertz CT molecular complexity index is 1980. The number of benzene rings is 1. The van der Waals surface area contributed by atoms with Crippen molar-refractivity contribution in [2.75, 3.05) is 39.3 Å². The summed E-state index contributed by atoms with van der Waals surface area (Å²) in [5, 5.41) is 0. The zero-order valence-corrected chi connectivity index (χ0v) is 36.7. The van der Waals surface area contributed by atoms with Gasteiger partial charge in [-0.05, 0) is 86.8 Å². The number of ether oxygens (including phenoxy) is 6. The molecule has 1 aromatic rings. The molecule has 0 bridgehead atoms. The van der Waals surface area contributed by atoms with Crippen molar-refractivity contribution in [3.05, 3.63) is 57.7 Å². The third kappa shape index (κ3) is 7.28. The fourth-order valence-electron chi connectivity index (χ4n) is 9.88. The molecule has 0 radical (unpaired) electrons. The lowest BCUT2D eigenvalue weighted by Crippen LogP contribution is -2.78. The SMILES string of the molecule is COC(=O)/C(C)=C\CC12OC(C)(C)C(C)C13Oc1c(CC=C(C)C)c4c(c(OC(=O)CCl)c1C(=O)C3C(N1CCOCC1)C(C)C2=O)C=CC(C)(CCC=C(C)C)O4. The number of Topliss-reactive ketones (excluding diaryl/α,β-unsaturated/α-hetero) is 2. The van der Waals surface area contributed by atoms with E-state index in [1.54, 1.807) is 13.0 Å². The van der Waals surface area contributed by atoms with Gasteiger partial charge in [-0.15, -0.1) is 11.6 Å². The van der Waals surface area contributed by atoms with Gasteiger partial charge in [0.2, 0.25) is 0 Å². The highest BCUT2D eigenvalue weighted by atomic mass is 35.5. The monoisotopic (exact) mass is 821 g/mol. The predicted octanol–water partition coefficient (Wildman–Crippen LogP) is 7.79. The van der Waals surface area contributed by atoms with Gasteiger partial charge in [-0.2, -0.15) is 0 Å². The van der Waals surface area contributed by atoms with Crippen molar-refractivity contribution >= 4 is 41.2 Å². The number of hydrogen-bond donors (Lipinski definition) is 0. The van der Waals surface area contributed by atoms with Gasteiger partial charge in [0.15, 0.2) is 28.5 Å². The highest BCUT2D eigenvalue weighted by Gasteiger charge is 2.81. The second-order valence-electron chi connectivity index (χ2n) is 17.8. The van der Waals surface area contributed by atoms with Crippen molar-refractivity contribution in [3.8, 4) is 17.2 Å². The van der Waals surface area contributed by atoms with Gasteiger partial charge in [-0.3, -0.25) is 19.3 Å². The molecule has 1 aromatic carbocycles. The normalized spacial score (nSPS) is 31.1. The molecule has 11 nitrogen and oxygen atoms in total. The molecule has 4 heterocycles. The number of alkyl halides is 1. The molecular weight excluding hydrogens is 762 g/mol. The van der Waals surface area contributed by atoms with Crippen LogP contribution in [0.3, 0.4) is 0 Å². The van der Waals surface area contributed by atoms with Crippen LogP contribution in [0.2, 0.25) is 0 Å². The molecule has 2 saturated heterocycles. The number of morpholine rings is 1. The van der Waals surface area contributed by atoms with Gasteiger partial charge < -0.3 is 28.4 Å². The van der Waals surface area contributed by atoms with Crippen LogP contribution < -0.4 is 14.2 Å². The fourth-order valence-corrected chi connectivity index (χ4v) is 9.93. The third-order valence-electron chi connectivity index (χ3n) is 13.0. The molecule has 1 spiro atoms. The lowest BCUT2D eigenvalue weighted by molar-refractivity contribution is -0.202. The zero-order chi connectivity index (χ0) is 42.5. The average Bonchev–Trinajstić information content (AvgIpc) is 3.35. The van der Waals surface area contributed by atoms with E-state index < -0.39 is 64.0 Å². The summed E-state index contributed by atoms with van der Waals surface area (Å²) in [6, 6.07) is -0.630. The predicted molar refractivity (Wildman–Crippen MR) is 222 cm³/mol. The van der Waals surface area contributed by atoms with Crippen LogP contribution in [-0.2, 0) is 35.0 Å². The molecule has 1 aliphatic carbocycles. The molecule has 3 fully saturated rings. The Kier molecular flexibility index (Phi) is 12.3. The van der Waals surface area contributed by atoms with E-state index in [0.717, 1.165) is 12.0 Å². The van der Waals surface area contributed by atoms with Crippen LogP contribution in [0.25, 0.3) is 6.08 Å². The molecule has 0 amide bonds. The van der Waals surface area contributed by atoms with E-state index >= 15 is 9.59 Å². The number of ketones is 2. The molecule has 7 atom stereocenters. The zero-order valence-electron chi connectivity index (χ0n) is 36.0. The number of nitrogens with zero attached hydrogens (tertiary/aromatic N) is 1. The Morgan fingerprint density at radius 3 is 2.26 bits per heavy atom. The summed E-state index contributed by atoms with van der Waals surface area (Å²) in [4.78, 5) is 59.9. The topological polar surface area (TPSA) is 127 Å². The Balaban J connectivity index is 1.71. The minimum absolute atomic E-state index is 0.0159. The lowest BCUT2D eigenvalue weighted by atomic mass is 9.51. The number of esters is 2. The molecule has 316 valence electrons. The minimum atomic E-state index is -1.72. The van der Waals surface area contributed by atoms with Crippen LogP contribution in [-0.4, -0.2) is 96.1 Å². The summed E-state index contributed by atoms with van der Waals surface area (Å²) < 4.78 is 38.6. The number of hydrogen-bond acceptors (Lipinski definition) is 11. The van der Waals surface area contributed by atoms with Crippen LogP contribution in [0.5, 0.6) is 17.2 Å². The van der Waals surface area contributed by atoms with Gasteiger partial charge in [0.1, 0.15) is 28.5 Å². The van der Waals surface area contributed by atoms with Crippen molar-refractivity contribution in [2.45, 2.75) is 123 Å². The highest BCUT2D eigenvalue weighted by molar-refractivity contribution is 6.26. The van der Waals surface area contributed by atoms with Crippen LogP contribution in [0.15, 0.2) is 41.0 Å². The maximum absolute atomic E-state index is 16.2.